The Labute approximate surface area is 78.3 Å². The van der Waals surface area contributed by atoms with Gasteiger partial charge in [-0.2, -0.15) is 0 Å². The lowest BCUT2D eigenvalue weighted by atomic mass is 9.83. The summed E-state index contributed by atoms with van der Waals surface area (Å²) in [5, 5.41) is 0. The molecule has 72 valence electrons. The molecule has 2 N–H and O–H groups in total. The molecule has 0 spiro atoms. The maximum absolute atomic E-state index is 5.41. The van der Waals surface area contributed by atoms with Gasteiger partial charge in [0.05, 0.1) is 5.69 Å². The molecule has 0 unspecified atom stereocenters. The Hall–Kier alpha value is -0.830. The van der Waals surface area contributed by atoms with E-state index in [-0.39, 0.29) is 0 Å². The third kappa shape index (κ3) is 1.91. The Bertz CT molecular complexity index is 266. The number of aromatic nitrogens is 1. The Morgan fingerprint density at radius 3 is 3.00 bits per heavy atom. The van der Waals surface area contributed by atoms with Gasteiger partial charge in [-0.1, -0.05) is 6.42 Å². The average molecular weight is 180 g/mol. The van der Waals surface area contributed by atoms with Crippen molar-refractivity contribution in [3.8, 4) is 0 Å². The second-order valence-corrected chi connectivity index (χ2v) is 3.69. The zero-order valence-corrected chi connectivity index (χ0v) is 7.83. The number of nitrogens with two attached hydrogens (primary N) is 1. The molecule has 0 saturated heterocycles. The van der Waals surface area contributed by atoms with E-state index in [9.17, 15) is 0 Å². The highest BCUT2D eigenvalue weighted by atomic mass is 16.3. The predicted octanol–water partition coefficient (Wildman–Crippen LogP) is 1.83. The van der Waals surface area contributed by atoms with Crippen LogP contribution in [0.4, 0.5) is 0 Å². The summed E-state index contributed by atoms with van der Waals surface area (Å²) in [6.07, 6.45) is 7.56. The van der Waals surface area contributed by atoms with Gasteiger partial charge in [-0.3, -0.25) is 0 Å². The van der Waals surface area contributed by atoms with Crippen LogP contribution in [0.5, 0.6) is 0 Å². The SMILES string of the molecule is NCCCc1nc(C2CCC2)co1. The summed E-state index contributed by atoms with van der Waals surface area (Å²) in [6, 6.07) is 0. The fraction of sp³-hybridized carbons (Fsp3) is 0.700. The molecule has 2 rings (SSSR count). The zero-order chi connectivity index (χ0) is 9.10. The maximum atomic E-state index is 5.41. The lowest BCUT2D eigenvalue weighted by molar-refractivity contribution is 0.409. The third-order valence-electron chi connectivity index (χ3n) is 2.69. The molecule has 1 heterocycles. The molecule has 1 saturated carbocycles. The van der Waals surface area contributed by atoms with Gasteiger partial charge in [0, 0.05) is 12.3 Å². The average Bonchev–Trinajstić information content (AvgIpc) is 2.46. The highest BCUT2D eigenvalue weighted by Gasteiger charge is 2.22. The van der Waals surface area contributed by atoms with E-state index in [1.165, 1.54) is 19.3 Å². The molecule has 0 aromatic carbocycles. The van der Waals surface area contributed by atoms with Crippen LogP contribution in [0.25, 0.3) is 0 Å². The number of oxazole rings is 1. The van der Waals surface area contributed by atoms with Crippen molar-refractivity contribution < 1.29 is 4.42 Å². The van der Waals surface area contributed by atoms with E-state index in [4.69, 9.17) is 10.2 Å². The van der Waals surface area contributed by atoms with Crippen molar-refractivity contribution in [1.29, 1.82) is 0 Å². The molecule has 1 aromatic rings. The van der Waals surface area contributed by atoms with Crippen molar-refractivity contribution in [2.45, 2.75) is 38.0 Å². The lowest BCUT2D eigenvalue weighted by Gasteiger charge is -2.22. The van der Waals surface area contributed by atoms with Crippen LogP contribution in [-0.2, 0) is 6.42 Å². The van der Waals surface area contributed by atoms with Crippen LogP contribution < -0.4 is 5.73 Å². The molecule has 0 aliphatic heterocycles. The monoisotopic (exact) mass is 180 g/mol. The van der Waals surface area contributed by atoms with E-state index in [2.05, 4.69) is 4.98 Å². The molecule has 3 nitrogen and oxygen atoms in total. The molecule has 1 aromatic heterocycles. The van der Waals surface area contributed by atoms with Gasteiger partial charge in [0.25, 0.3) is 0 Å². The van der Waals surface area contributed by atoms with Gasteiger partial charge < -0.3 is 10.2 Å². The molecular weight excluding hydrogens is 164 g/mol. The summed E-state index contributed by atoms with van der Waals surface area (Å²) in [5.74, 6) is 1.53. The van der Waals surface area contributed by atoms with Crippen LogP contribution in [0.1, 0.15) is 43.2 Å². The van der Waals surface area contributed by atoms with Crippen LogP contribution in [0, 0.1) is 0 Å². The number of aryl methyl sites for hydroxylation is 1. The summed E-state index contributed by atoms with van der Waals surface area (Å²) >= 11 is 0. The normalized spacial score (nSPS) is 17.3. The summed E-state index contributed by atoms with van der Waals surface area (Å²) in [6.45, 7) is 0.709. The molecule has 1 aliphatic carbocycles. The van der Waals surface area contributed by atoms with Crippen molar-refractivity contribution >= 4 is 0 Å². The molecular formula is C10H16N2O. The molecule has 0 radical (unpaired) electrons. The Morgan fingerprint density at radius 1 is 1.54 bits per heavy atom. The van der Waals surface area contributed by atoms with Crippen molar-refractivity contribution in [3.05, 3.63) is 17.8 Å². The van der Waals surface area contributed by atoms with Gasteiger partial charge in [0.2, 0.25) is 0 Å². The molecule has 1 aliphatic rings. The number of rotatable bonds is 4. The van der Waals surface area contributed by atoms with Gasteiger partial charge in [-0.15, -0.1) is 0 Å². The van der Waals surface area contributed by atoms with Gasteiger partial charge in [0.1, 0.15) is 6.26 Å². The van der Waals surface area contributed by atoms with Crippen LogP contribution in [0.2, 0.25) is 0 Å². The highest BCUT2D eigenvalue weighted by molar-refractivity contribution is 5.07. The van der Waals surface area contributed by atoms with Crippen molar-refractivity contribution in [2.75, 3.05) is 6.54 Å². The molecule has 0 bridgehead atoms. The molecule has 0 atom stereocenters. The third-order valence-corrected chi connectivity index (χ3v) is 2.69. The minimum Gasteiger partial charge on any atom is -0.449 e. The predicted molar refractivity (Wildman–Crippen MR) is 50.5 cm³/mol. The minimum atomic E-state index is 0.676. The van der Waals surface area contributed by atoms with Crippen molar-refractivity contribution in [2.24, 2.45) is 5.73 Å². The van der Waals surface area contributed by atoms with Crippen LogP contribution in [0.3, 0.4) is 0 Å². The first kappa shape index (κ1) is 8.75. The first-order valence-corrected chi connectivity index (χ1v) is 5.04. The summed E-state index contributed by atoms with van der Waals surface area (Å²) in [7, 11) is 0. The smallest absolute Gasteiger partial charge is 0.194 e. The summed E-state index contributed by atoms with van der Waals surface area (Å²) < 4.78 is 5.36. The maximum Gasteiger partial charge on any atom is 0.194 e. The van der Waals surface area contributed by atoms with E-state index >= 15 is 0 Å². The second-order valence-electron chi connectivity index (χ2n) is 3.69. The molecule has 0 amide bonds. The Morgan fingerprint density at radius 2 is 2.38 bits per heavy atom. The Kier molecular flexibility index (Phi) is 2.64. The minimum absolute atomic E-state index is 0.676. The number of hydrogen-bond donors (Lipinski definition) is 1. The molecule has 1 fully saturated rings. The first-order chi connectivity index (χ1) is 6.40. The fourth-order valence-corrected chi connectivity index (χ4v) is 1.58. The van der Waals surface area contributed by atoms with E-state index in [1.54, 1.807) is 0 Å². The van der Waals surface area contributed by atoms with E-state index in [1.807, 2.05) is 6.26 Å². The highest BCUT2D eigenvalue weighted by Crippen LogP contribution is 2.35. The second kappa shape index (κ2) is 3.92. The fourth-order valence-electron chi connectivity index (χ4n) is 1.58. The van der Waals surface area contributed by atoms with E-state index in [0.29, 0.717) is 12.5 Å². The van der Waals surface area contributed by atoms with Crippen molar-refractivity contribution in [3.63, 3.8) is 0 Å². The number of hydrogen-bond acceptors (Lipinski definition) is 3. The molecule has 3 heteroatoms. The lowest BCUT2D eigenvalue weighted by Crippen LogP contribution is -2.09. The summed E-state index contributed by atoms with van der Waals surface area (Å²) in [5.41, 5.74) is 6.56. The van der Waals surface area contributed by atoms with Crippen LogP contribution >= 0.6 is 0 Å². The standard InChI is InChI=1S/C10H16N2O/c11-6-2-5-10-12-9(7-13-10)8-3-1-4-8/h7-8H,1-6,11H2. The van der Waals surface area contributed by atoms with Gasteiger partial charge in [-0.25, -0.2) is 4.98 Å². The quantitative estimate of drug-likeness (QED) is 0.769. The van der Waals surface area contributed by atoms with E-state index in [0.717, 1.165) is 24.4 Å². The van der Waals surface area contributed by atoms with Crippen LogP contribution in [0.15, 0.2) is 10.7 Å². The largest absolute Gasteiger partial charge is 0.449 e. The van der Waals surface area contributed by atoms with E-state index < -0.39 is 0 Å². The first-order valence-electron chi connectivity index (χ1n) is 5.04. The van der Waals surface area contributed by atoms with Crippen LogP contribution in [-0.4, -0.2) is 11.5 Å². The zero-order valence-electron chi connectivity index (χ0n) is 7.83. The van der Waals surface area contributed by atoms with Gasteiger partial charge in [-0.05, 0) is 25.8 Å². The topological polar surface area (TPSA) is 52.0 Å². The molecule has 13 heavy (non-hydrogen) atoms. The van der Waals surface area contributed by atoms with Gasteiger partial charge in [0.15, 0.2) is 5.89 Å². The number of nitrogens with zero attached hydrogens (tertiary/aromatic N) is 1. The van der Waals surface area contributed by atoms with Crippen molar-refractivity contribution in [1.82, 2.24) is 4.98 Å². The summed E-state index contributed by atoms with van der Waals surface area (Å²) in [4.78, 5) is 4.45. The Balaban J connectivity index is 1.92. The van der Waals surface area contributed by atoms with Gasteiger partial charge >= 0.3 is 0 Å².